The summed E-state index contributed by atoms with van der Waals surface area (Å²) in [6.07, 6.45) is 5.08. The minimum absolute atomic E-state index is 0.208. The molecule has 1 aromatic carbocycles. The Morgan fingerprint density at radius 2 is 2.13 bits per heavy atom. The van der Waals surface area contributed by atoms with Crippen LogP contribution in [0.2, 0.25) is 0 Å². The van der Waals surface area contributed by atoms with Crippen molar-refractivity contribution in [2.45, 2.75) is 6.54 Å². The van der Waals surface area contributed by atoms with Crippen LogP contribution < -0.4 is 5.43 Å². The van der Waals surface area contributed by atoms with Gasteiger partial charge in [0.2, 0.25) is 0 Å². The van der Waals surface area contributed by atoms with Crippen LogP contribution in [-0.4, -0.2) is 21.9 Å². The number of furan rings is 1. The largest absolute Gasteiger partial charge is 0.454 e. The van der Waals surface area contributed by atoms with Crippen LogP contribution in [0, 0.1) is 0 Å². The zero-order valence-corrected chi connectivity index (χ0v) is 13.6. The first-order chi connectivity index (χ1) is 11.2. The average Bonchev–Trinajstić information content (AvgIpc) is 3.21. The number of rotatable bonds is 5. The summed E-state index contributed by atoms with van der Waals surface area (Å²) in [5.41, 5.74) is 3.32. The predicted octanol–water partition coefficient (Wildman–Crippen LogP) is 3.05. The van der Waals surface area contributed by atoms with Crippen molar-refractivity contribution in [3.63, 3.8) is 0 Å². The van der Waals surface area contributed by atoms with Crippen molar-refractivity contribution in [2.24, 2.45) is 5.10 Å². The predicted molar refractivity (Wildman–Crippen MR) is 89.2 cm³/mol. The Morgan fingerprint density at radius 3 is 2.87 bits per heavy atom. The number of nitrogens with one attached hydrogen (secondary N) is 1. The van der Waals surface area contributed by atoms with Crippen LogP contribution in [0.1, 0.15) is 21.9 Å². The van der Waals surface area contributed by atoms with E-state index in [0.29, 0.717) is 12.3 Å². The maximum atomic E-state index is 12.0. The Kier molecular flexibility index (Phi) is 4.68. The Balaban J connectivity index is 1.58. The van der Waals surface area contributed by atoms with E-state index in [1.165, 1.54) is 0 Å². The number of aromatic nitrogens is 2. The molecule has 0 unspecified atom stereocenters. The molecule has 7 heteroatoms. The summed E-state index contributed by atoms with van der Waals surface area (Å²) in [4.78, 5) is 12.0. The van der Waals surface area contributed by atoms with Crippen LogP contribution in [0.5, 0.6) is 0 Å². The number of carbonyl (C=O) groups excluding carboxylic acids is 1. The smallest absolute Gasteiger partial charge is 0.307 e. The number of benzene rings is 1. The lowest BCUT2D eigenvalue weighted by molar-refractivity contribution is 0.0925. The summed E-state index contributed by atoms with van der Waals surface area (Å²) in [5, 5.41) is 8.00. The molecule has 2 heterocycles. The van der Waals surface area contributed by atoms with E-state index < -0.39 is 5.91 Å². The number of hydrogen-bond acceptors (Lipinski definition) is 4. The standard InChI is InChI=1S/C16H13BrN4O2/c17-13-4-2-12(3-5-13)10-18-20-16(22)15-7-6-14(23-15)11-21-9-1-8-19-21/h1-10H,11H2,(H,20,22). The third kappa shape index (κ3) is 4.17. The van der Waals surface area contributed by atoms with Crippen LogP contribution in [0.4, 0.5) is 0 Å². The molecule has 6 nitrogen and oxygen atoms in total. The van der Waals surface area contributed by atoms with E-state index in [1.54, 1.807) is 29.2 Å². The molecular formula is C16H13BrN4O2. The molecular weight excluding hydrogens is 360 g/mol. The quantitative estimate of drug-likeness (QED) is 0.552. The molecule has 0 spiro atoms. The maximum Gasteiger partial charge on any atom is 0.307 e. The van der Waals surface area contributed by atoms with E-state index in [1.807, 2.05) is 36.5 Å². The van der Waals surface area contributed by atoms with Crippen molar-refractivity contribution < 1.29 is 9.21 Å². The molecule has 3 aromatic rings. The van der Waals surface area contributed by atoms with E-state index in [9.17, 15) is 4.79 Å². The van der Waals surface area contributed by atoms with Gasteiger partial charge < -0.3 is 4.42 Å². The molecule has 0 radical (unpaired) electrons. The normalized spacial score (nSPS) is 11.0. The molecule has 23 heavy (non-hydrogen) atoms. The Bertz CT molecular complexity index is 807. The first-order valence-electron chi connectivity index (χ1n) is 6.86. The Morgan fingerprint density at radius 1 is 1.30 bits per heavy atom. The second-order valence-corrected chi connectivity index (χ2v) is 5.64. The van der Waals surface area contributed by atoms with Gasteiger partial charge in [0.05, 0.1) is 12.8 Å². The third-order valence-corrected chi connectivity index (χ3v) is 3.54. The molecule has 0 bridgehead atoms. The summed E-state index contributed by atoms with van der Waals surface area (Å²) in [7, 11) is 0. The van der Waals surface area contributed by atoms with Crippen molar-refractivity contribution in [3.8, 4) is 0 Å². The third-order valence-electron chi connectivity index (χ3n) is 3.01. The molecule has 3 rings (SSSR count). The van der Waals surface area contributed by atoms with E-state index in [0.717, 1.165) is 10.0 Å². The molecule has 0 saturated heterocycles. The van der Waals surface area contributed by atoms with Gasteiger partial charge in [0, 0.05) is 16.9 Å². The zero-order valence-electron chi connectivity index (χ0n) is 12.0. The number of amides is 1. The first kappa shape index (κ1) is 15.2. The summed E-state index contributed by atoms with van der Waals surface area (Å²) < 4.78 is 8.18. The van der Waals surface area contributed by atoms with Crippen molar-refractivity contribution in [1.29, 1.82) is 0 Å². The fourth-order valence-corrected chi connectivity index (χ4v) is 2.17. The summed E-state index contributed by atoms with van der Waals surface area (Å²) >= 11 is 3.36. The lowest BCUT2D eigenvalue weighted by atomic mass is 10.2. The lowest BCUT2D eigenvalue weighted by Crippen LogP contribution is -2.16. The van der Waals surface area contributed by atoms with Gasteiger partial charge in [-0.3, -0.25) is 9.48 Å². The van der Waals surface area contributed by atoms with Crippen molar-refractivity contribution in [3.05, 3.63) is 76.4 Å². The molecule has 0 aliphatic rings. The van der Waals surface area contributed by atoms with Crippen molar-refractivity contribution in [1.82, 2.24) is 15.2 Å². The van der Waals surface area contributed by atoms with Crippen LogP contribution in [0.15, 0.2) is 68.8 Å². The topological polar surface area (TPSA) is 72.4 Å². The fourth-order valence-electron chi connectivity index (χ4n) is 1.91. The highest BCUT2D eigenvalue weighted by Crippen LogP contribution is 2.10. The highest BCUT2D eigenvalue weighted by molar-refractivity contribution is 9.10. The van der Waals surface area contributed by atoms with Gasteiger partial charge in [-0.15, -0.1) is 0 Å². The fraction of sp³-hybridized carbons (Fsp3) is 0.0625. The molecule has 0 aliphatic carbocycles. The van der Waals surface area contributed by atoms with Crippen LogP contribution in [0.25, 0.3) is 0 Å². The van der Waals surface area contributed by atoms with Gasteiger partial charge in [0.25, 0.3) is 0 Å². The number of carbonyl (C=O) groups is 1. The van der Waals surface area contributed by atoms with Gasteiger partial charge in [-0.2, -0.15) is 10.2 Å². The van der Waals surface area contributed by atoms with Gasteiger partial charge in [-0.05, 0) is 35.9 Å². The van der Waals surface area contributed by atoms with Crippen molar-refractivity contribution >= 4 is 28.1 Å². The lowest BCUT2D eigenvalue weighted by Gasteiger charge is -1.98. The van der Waals surface area contributed by atoms with E-state index in [4.69, 9.17) is 4.42 Å². The molecule has 0 saturated carbocycles. The monoisotopic (exact) mass is 372 g/mol. The second-order valence-electron chi connectivity index (χ2n) is 4.72. The molecule has 0 fully saturated rings. The average molecular weight is 373 g/mol. The number of halogens is 1. The van der Waals surface area contributed by atoms with Crippen LogP contribution in [-0.2, 0) is 6.54 Å². The minimum atomic E-state index is -0.398. The second kappa shape index (κ2) is 7.06. The Hall–Kier alpha value is -2.67. The van der Waals surface area contributed by atoms with Gasteiger partial charge in [-0.1, -0.05) is 28.1 Å². The first-order valence-corrected chi connectivity index (χ1v) is 7.65. The van der Waals surface area contributed by atoms with E-state index in [2.05, 4.69) is 31.6 Å². The highest BCUT2D eigenvalue weighted by atomic mass is 79.9. The summed E-state index contributed by atoms with van der Waals surface area (Å²) in [6.45, 7) is 0.475. The molecule has 1 amide bonds. The molecule has 2 aromatic heterocycles. The molecule has 0 atom stereocenters. The van der Waals surface area contributed by atoms with Crippen LogP contribution >= 0.6 is 15.9 Å². The Labute approximate surface area is 140 Å². The maximum absolute atomic E-state index is 12.0. The number of hydrogen-bond donors (Lipinski definition) is 1. The number of nitrogens with zero attached hydrogens (tertiary/aromatic N) is 3. The minimum Gasteiger partial charge on any atom is -0.454 e. The zero-order chi connectivity index (χ0) is 16.1. The van der Waals surface area contributed by atoms with E-state index in [-0.39, 0.29) is 5.76 Å². The van der Waals surface area contributed by atoms with Gasteiger partial charge in [0.15, 0.2) is 5.76 Å². The number of hydrazone groups is 1. The molecule has 0 aliphatic heterocycles. The SMILES string of the molecule is O=C(NN=Cc1ccc(Br)cc1)c1ccc(Cn2cccn2)o1. The summed E-state index contributed by atoms with van der Waals surface area (Å²) in [5.74, 6) is 0.459. The summed E-state index contributed by atoms with van der Waals surface area (Å²) in [6, 6.07) is 12.8. The van der Waals surface area contributed by atoms with E-state index >= 15 is 0 Å². The van der Waals surface area contributed by atoms with Crippen molar-refractivity contribution in [2.75, 3.05) is 0 Å². The molecule has 116 valence electrons. The van der Waals surface area contributed by atoms with Gasteiger partial charge >= 0.3 is 5.91 Å². The highest BCUT2D eigenvalue weighted by Gasteiger charge is 2.10. The van der Waals surface area contributed by atoms with Gasteiger partial charge in [-0.25, -0.2) is 5.43 Å². The molecule has 1 N–H and O–H groups in total. The van der Waals surface area contributed by atoms with Gasteiger partial charge in [0.1, 0.15) is 5.76 Å². The van der Waals surface area contributed by atoms with Crippen LogP contribution in [0.3, 0.4) is 0 Å².